The van der Waals surface area contributed by atoms with Crippen LogP contribution in [0.4, 0.5) is 0 Å². The molecule has 7 heteroatoms. The summed E-state index contributed by atoms with van der Waals surface area (Å²) in [6.07, 6.45) is 10.3. The summed E-state index contributed by atoms with van der Waals surface area (Å²) in [6, 6.07) is 0.444. The van der Waals surface area contributed by atoms with Gasteiger partial charge >= 0.3 is 0 Å². The van der Waals surface area contributed by atoms with Crippen LogP contribution in [0.15, 0.2) is 31.0 Å². The number of hydrogen-bond acceptors (Lipinski definition) is 5. The zero-order chi connectivity index (χ0) is 16.4. The highest BCUT2D eigenvalue weighted by atomic mass is 16.2. The van der Waals surface area contributed by atoms with Gasteiger partial charge in [0.15, 0.2) is 0 Å². The predicted octanol–water partition coefficient (Wildman–Crippen LogP) is 0.597. The Hall–Kier alpha value is -2.28. The van der Waals surface area contributed by atoms with E-state index in [0.29, 0.717) is 11.7 Å². The molecule has 0 spiro atoms. The summed E-state index contributed by atoms with van der Waals surface area (Å²) < 4.78 is 1.80. The third kappa shape index (κ3) is 3.24. The highest BCUT2D eigenvalue weighted by Gasteiger charge is 2.39. The highest BCUT2D eigenvalue weighted by Crippen LogP contribution is 2.26. The third-order valence-corrected chi connectivity index (χ3v) is 4.42. The Kier molecular flexibility index (Phi) is 4.38. The summed E-state index contributed by atoms with van der Waals surface area (Å²) in [5.41, 5.74) is 1.55. The van der Waals surface area contributed by atoms with Crippen LogP contribution in [0.2, 0.25) is 0 Å². The number of likely N-dealkylation sites (tertiary alicyclic amines) is 1. The normalized spacial score (nSPS) is 21.1. The van der Waals surface area contributed by atoms with E-state index in [1.54, 1.807) is 17.1 Å². The van der Waals surface area contributed by atoms with Crippen molar-refractivity contribution < 1.29 is 4.79 Å². The SMILES string of the molecule is CN(C)[C@@H]1CCN(C(=O)c2cnccn2)[C@H]1Cc1cnn(C)c1. The second-order valence-electron chi connectivity index (χ2n) is 6.20. The first-order chi connectivity index (χ1) is 11.1. The van der Waals surface area contributed by atoms with Gasteiger partial charge in [0.05, 0.1) is 18.4 Å². The van der Waals surface area contributed by atoms with E-state index >= 15 is 0 Å². The van der Waals surface area contributed by atoms with E-state index in [0.717, 1.165) is 24.9 Å². The van der Waals surface area contributed by atoms with E-state index in [1.165, 1.54) is 6.20 Å². The molecule has 1 saturated heterocycles. The van der Waals surface area contributed by atoms with Gasteiger partial charge < -0.3 is 9.80 Å². The Morgan fingerprint density at radius 2 is 2.17 bits per heavy atom. The van der Waals surface area contributed by atoms with E-state index < -0.39 is 0 Å². The molecule has 3 rings (SSSR count). The molecule has 0 N–H and O–H groups in total. The van der Waals surface area contributed by atoms with Gasteiger partial charge in [-0.15, -0.1) is 0 Å². The first-order valence-corrected chi connectivity index (χ1v) is 7.77. The summed E-state index contributed by atoms with van der Waals surface area (Å²) in [4.78, 5) is 25.1. The smallest absolute Gasteiger partial charge is 0.274 e. The molecule has 0 unspecified atom stereocenters. The molecule has 1 fully saturated rings. The highest BCUT2D eigenvalue weighted by molar-refractivity contribution is 5.92. The Bertz CT molecular complexity index is 668. The van der Waals surface area contributed by atoms with E-state index in [2.05, 4.69) is 34.1 Å². The summed E-state index contributed by atoms with van der Waals surface area (Å²) >= 11 is 0. The molecule has 7 nitrogen and oxygen atoms in total. The van der Waals surface area contributed by atoms with Gasteiger partial charge in [0.25, 0.3) is 5.91 Å². The molecule has 0 saturated carbocycles. The molecule has 1 amide bonds. The fraction of sp³-hybridized carbons (Fsp3) is 0.500. The number of nitrogens with zero attached hydrogens (tertiary/aromatic N) is 6. The number of aromatic nitrogens is 4. The lowest BCUT2D eigenvalue weighted by Crippen LogP contribution is -2.45. The van der Waals surface area contributed by atoms with Crippen LogP contribution in [0, 0.1) is 0 Å². The number of rotatable bonds is 4. The summed E-state index contributed by atoms with van der Waals surface area (Å²) in [7, 11) is 6.04. The Labute approximate surface area is 135 Å². The second kappa shape index (κ2) is 6.45. The average molecular weight is 314 g/mol. The average Bonchev–Trinajstić information content (AvgIpc) is 3.14. The molecule has 0 radical (unpaired) electrons. The minimum absolute atomic E-state index is 0.0451. The van der Waals surface area contributed by atoms with Crippen molar-refractivity contribution >= 4 is 5.91 Å². The molecule has 0 aromatic carbocycles. The number of carbonyl (C=O) groups excluding carboxylic acids is 1. The fourth-order valence-corrected chi connectivity index (χ4v) is 3.31. The van der Waals surface area contributed by atoms with Crippen molar-refractivity contribution in [1.29, 1.82) is 0 Å². The first kappa shape index (κ1) is 15.6. The van der Waals surface area contributed by atoms with E-state index in [-0.39, 0.29) is 11.9 Å². The van der Waals surface area contributed by atoms with E-state index in [1.807, 2.05) is 24.3 Å². The summed E-state index contributed by atoms with van der Waals surface area (Å²) in [5, 5.41) is 4.23. The molecule has 0 bridgehead atoms. The van der Waals surface area contributed by atoms with Crippen molar-refractivity contribution in [3.63, 3.8) is 0 Å². The summed E-state index contributed by atoms with van der Waals surface area (Å²) in [5.74, 6) is -0.0451. The predicted molar refractivity (Wildman–Crippen MR) is 85.9 cm³/mol. The van der Waals surface area contributed by atoms with Crippen molar-refractivity contribution in [2.24, 2.45) is 7.05 Å². The molecule has 1 aliphatic heterocycles. The monoisotopic (exact) mass is 314 g/mol. The molecular formula is C16H22N6O. The molecule has 0 aliphatic carbocycles. The lowest BCUT2D eigenvalue weighted by molar-refractivity contribution is 0.0698. The van der Waals surface area contributed by atoms with Gasteiger partial charge in [0.2, 0.25) is 0 Å². The molecule has 3 heterocycles. The van der Waals surface area contributed by atoms with Gasteiger partial charge in [-0.25, -0.2) is 4.98 Å². The number of amides is 1. The largest absolute Gasteiger partial charge is 0.332 e. The minimum atomic E-state index is -0.0451. The topological polar surface area (TPSA) is 67.2 Å². The number of hydrogen-bond donors (Lipinski definition) is 0. The van der Waals surface area contributed by atoms with Gasteiger partial charge in [-0.2, -0.15) is 5.10 Å². The van der Waals surface area contributed by atoms with Crippen molar-refractivity contribution in [3.05, 3.63) is 42.2 Å². The van der Waals surface area contributed by atoms with Crippen LogP contribution in [0.3, 0.4) is 0 Å². The first-order valence-electron chi connectivity index (χ1n) is 7.77. The number of aryl methyl sites for hydroxylation is 1. The van der Waals surface area contributed by atoms with Gasteiger partial charge in [0, 0.05) is 38.2 Å². The van der Waals surface area contributed by atoms with Crippen molar-refractivity contribution in [2.45, 2.75) is 24.9 Å². The molecular weight excluding hydrogens is 292 g/mol. The van der Waals surface area contributed by atoms with Crippen LogP contribution in [-0.2, 0) is 13.5 Å². The van der Waals surface area contributed by atoms with Crippen LogP contribution >= 0.6 is 0 Å². The molecule has 2 atom stereocenters. The van der Waals surface area contributed by atoms with Crippen molar-refractivity contribution in [1.82, 2.24) is 29.5 Å². The molecule has 1 aliphatic rings. The van der Waals surface area contributed by atoms with Crippen LogP contribution in [0.25, 0.3) is 0 Å². The van der Waals surface area contributed by atoms with Gasteiger partial charge in [0.1, 0.15) is 5.69 Å². The maximum absolute atomic E-state index is 12.8. The van der Waals surface area contributed by atoms with Gasteiger partial charge in [-0.1, -0.05) is 0 Å². The standard InChI is InChI=1S/C16H22N6O/c1-20(2)14-4-7-22(16(23)13-10-17-5-6-18-13)15(14)8-12-9-19-21(3)11-12/h5-6,9-11,14-15H,4,7-8H2,1-3H3/t14-,15+/m1/s1. The van der Waals surface area contributed by atoms with Crippen molar-refractivity contribution in [2.75, 3.05) is 20.6 Å². The van der Waals surface area contributed by atoms with Gasteiger partial charge in [-0.05, 0) is 32.5 Å². The maximum atomic E-state index is 12.8. The van der Waals surface area contributed by atoms with Crippen LogP contribution in [0.1, 0.15) is 22.5 Å². The Morgan fingerprint density at radius 3 is 2.78 bits per heavy atom. The van der Waals surface area contributed by atoms with Crippen LogP contribution < -0.4 is 0 Å². The van der Waals surface area contributed by atoms with Gasteiger partial charge in [-0.3, -0.25) is 14.5 Å². The maximum Gasteiger partial charge on any atom is 0.274 e. The number of likely N-dealkylation sites (N-methyl/N-ethyl adjacent to an activating group) is 1. The molecule has 2 aromatic heterocycles. The van der Waals surface area contributed by atoms with Crippen LogP contribution in [-0.4, -0.2) is 68.2 Å². The zero-order valence-electron chi connectivity index (χ0n) is 13.8. The summed E-state index contributed by atoms with van der Waals surface area (Å²) in [6.45, 7) is 0.739. The van der Waals surface area contributed by atoms with E-state index in [4.69, 9.17) is 0 Å². The van der Waals surface area contributed by atoms with Crippen LogP contribution in [0.5, 0.6) is 0 Å². The minimum Gasteiger partial charge on any atom is -0.332 e. The lowest BCUT2D eigenvalue weighted by Gasteiger charge is -2.31. The third-order valence-electron chi connectivity index (χ3n) is 4.42. The zero-order valence-corrected chi connectivity index (χ0v) is 13.8. The Balaban J connectivity index is 1.84. The fourth-order valence-electron chi connectivity index (χ4n) is 3.31. The molecule has 23 heavy (non-hydrogen) atoms. The molecule has 122 valence electrons. The second-order valence-corrected chi connectivity index (χ2v) is 6.20. The number of carbonyl (C=O) groups is 1. The lowest BCUT2D eigenvalue weighted by atomic mass is 10.0. The van der Waals surface area contributed by atoms with E-state index in [9.17, 15) is 4.79 Å². The quantitative estimate of drug-likeness (QED) is 0.826. The Morgan fingerprint density at radius 1 is 1.35 bits per heavy atom. The molecule has 2 aromatic rings. The van der Waals surface area contributed by atoms with Crippen molar-refractivity contribution in [3.8, 4) is 0 Å².